The summed E-state index contributed by atoms with van der Waals surface area (Å²) in [5, 5.41) is -0.171. The lowest BCUT2D eigenvalue weighted by Crippen LogP contribution is -2.38. The number of carbonyl (C=O) groups is 1. The summed E-state index contributed by atoms with van der Waals surface area (Å²) in [7, 11) is -1.79. The van der Waals surface area contributed by atoms with Crippen LogP contribution in [0.5, 0.6) is 5.75 Å². The van der Waals surface area contributed by atoms with Crippen molar-refractivity contribution in [2.45, 2.75) is 24.4 Å². The van der Waals surface area contributed by atoms with Gasteiger partial charge in [-0.2, -0.15) is 0 Å². The lowest BCUT2D eigenvalue weighted by atomic mass is 9.90. The van der Waals surface area contributed by atoms with Crippen molar-refractivity contribution in [3.63, 3.8) is 0 Å². The topological polar surface area (TPSA) is 76.8 Å². The second-order valence-corrected chi connectivity index (χ2v) is 8.63. The van der Waals surface area contributed by atoms with E-state index in [1.807, 2.05) is 12.1 Å². The van der Waals surface area contributed by atoms with Crippen LogP contribution < -0.4 is 4.74 Å². The molecule has 1 aliphatic heterocycles. The zero-order valence-corrected chi connectivity index (χ0v) is 15.8. The first-order chi connectivity index (χ1) is 12.4. The number of likely N-dealkylation sites (tertiary alicyclic amines) is 1. The minimum absolute atomic E-state index is 0.0824. The van der Waals surface area contributed by atoms with Crippen LogP contribution in [-0.4, -0.2) is 45.7 Å². The Kier molecular flexibility index (Phi) is 5.36. The lowest BCUT2D eigenvalue weighted by molar-refractivity contribution is 0.0653. The number of hydrogen-bond acceptors (Lipinski definition) is 5. The maximum absolute atomic E-state index is 12.5. The van der Waals surface area contributed by atoms with Gasteiger partial charge in [-0.3, -0.25) is 4.79 Å². The van der Waals surface area contributed by atoms with Gasteiger partial charge < -0.3 is 14.1 Å². The van der Waals surface area contributed by atoms with E-state index in [9.17, 15) is 13.2 Å². The largest absolute Gasteiger partial charge is 0.497 e. The van der Waals surface area contributed by atoms with Gasteiger partial charge in [0, 0.05) is 19.3 Å². The zero-order valence-electron chi connectivity index (χ0n) is 15.0. The molecule has 1 aromatic heterocycles. The fourth-order valence-corrected chi connectivity index (χ4v) is 3.78. The van der Waals surface area contributed by atoms with Crippen LogP contribution in [0.4, 0.5) is 0 Å². The molecule has 0 saturated carbocycles. The first-order valence-electron chi connectivity index (χ1n) is 8.59. The second kappa shape index (κ2) is 7.53. The summed E-state index contributed by atoms with van der Waals surface area (Å²) >= 11 is 0. The van der Waals surface area contributed by atoms with Gasteiger partial charge in [0.15, 0.2) is 5.76 Å². The van der Waals surface area contributed by atoms with Crippen molar-refractivity contribution in [2.75, 3.05) is 26.5 Å². The molecule has 0 unspecified atom stereocenters. The smallest absolute Gasteiger partial charge is 0.289 e. The van der Waals surface area contributed by atoms with Crippen LogP contribution in [-0.2, 0) is 16.3 Å². The van der Waals surface area contributed by atoms with E-state index in [1.54, 1.807) is 12.0 Å². The van der Waals surface area contributed by atoms with Gasteiger partial charge in [0.2, 0.25) is 14.9 Å². The molecule has 6 nitrogen and oxygen atoms in total. The molecule has 26 heavy (non-hydrogen) atoms. The highest BCUT2D eigenvalue weighted by Crippen LogP contribution is 2.24. The number of benzene rings is 1. The third-order valence-corrected chi connectivity index (χ3v) is 5.69. The van der Waals surface area contributed by atoms with E-state index in [2.05, 4.69) is 12.1 Å². The number of nitrogens with zero attached hydrogens (tertiary/aromatic N) is 1. The van der Waals surface area contributed by atoms with Crippen LogP contribution in [0.1, 0.15) is 29.0 Å². The Morgan fingerprint density at radius 1 is 1.15 bits per heavy atom. The molecule has 3 rings (SSSR count). The van der Waals surface area contributed by atoms with E-state index in [4.69, 9.17) is 9.15 Å². The molecule has 2 heterocycles. The highest BCUT2D eigenvalue weighted by atomic mass is 32.2. The molecule has 1 fully saturated rings. The molecule has 2 aromatic rings. The number of hydrogen-bond donors (Lipinski definition) is 0. The van der Waals surface area contributed by atoms with E-state index in [0.29, 0.717) is 19.0 Å². The monoisotopic (exact) mass is 377 g/mol. The van der Waals surface area contributed by atoms with Crippen LogP contribution in [0.2, 0.25) is 0 Å². The fraction of sp³-hybridized carbons (Fsp3) is 0.421. The van der Waals surface area contributed by atoms with E-state index in [-0.39, 0.29) is 16.8 Å². The average Bonchev–Trinajstić information content (AvgIpc) is 3.13. The van der Waals surface area contributed by atoms with Crippen molar-refractivity contribution in [2.24, 2.45) is 5.92 Å². The van der Waals surface area contributed by atoms with Crippen LogP contribution >= 0.6 is 0 Å². The molecule has 140 valence electrons. The number of rotatable bonds is 5. The van der Waals surface area contributed by atoms with Crippen LogP contribution in [0, 0.1) is 5.92 Å². The normalized spacial score (nSPS) is 15.8. The van der Waals surface area contributed by atoms with Gasteiger partial charge in [0.25, 0.3) is 5.91 Å². The molecular weight excluding hydrogens is 354 g/mol. The Balaban J connectivity index is 1.55. The van der Waals surface area contributed by atoms with Crippen molar-refractivity contribution in [1.82, 2.24) is 4.90 Å². The van der Waals surface area contributed by atoms with Crippen molar-refractivity contribution in [3.8, 4) is 5.75 Å². The number of carbonyl (C=O) groups excluding carboxylic acids is 1. The van der Waals surface area contributed by atoms with Gasteiger partial charge in [0.05, 0.1) is 7.11 Å². The number of sulfone groups is 1. The number of furan rings is 1. The van der Waals surface area contributed by atoms with Crippen molar-refractivity contribution < 1.29 is 22.4 Å². The van der Waals surface area contributed by atoms with Crippen molar-refractivity contribution in [1.29, 1.82) is 0 Å². The van der Waals surface area contributed by atoms with Gasteiger partial charge >= 0.3 is 0 Å². The summed E-state index contributed by atoms with van der Waals surface area (Å²) in [6.07, 6.45) is 3.87. The molecule has 0 radical (unpaired) electrons. The molecule has 0 atom stereocenters. The standard InChI is InChI=1S/C19H23NO5S/c1-24-16-5-3-14(4-6-16)13-15-9-11-20(12-10-15)19(21)17-7-8-18(25-17)26(2,22)23/h3-8,15H,9-13H2,1-2H3. The maximum Gasteiger partial charge on any atom is 0.289 e. The molecule has 0 bridgehead atoms. The first-order valence-corrected chi connectivity index (χ1v) is 10.5. The van der Waals surface area contributed by atoms with Gasteiger partial charge in [0.1, 0.15) is 5.75 Å². The van der Waals surface area contributed by atoms with Crippen molar-refractivity contribution in [3.05, 3.63) is 47.7 Å². The molecular formula is C19H23NO5S. The average molecular weight is 377 g/mol. The third kappa shape index (κ3) is 4.27. The van der Waals surface area contributed by atoms with E-state index >= 15 is 0 Å². The fourth-order valence-electron chi connectivity index (χ4n) is 3.23. The number of methoxy groups -OCH3 is 1. The number of piperidine rings is 1. The minimum Gasteiger partial charge on any atom is -0.497 e. The van der Waals surface area contributed by atoms with Crippen molar-refractivity contribution >= 4 is 15.7 Å². The Bertz CT molecular complexity index is 862. The molecule has 7 heteroatoms. The minimum atomic E-state index is -3.44. The number of amides is 1. The maximum atomic E-state index is 12.5. The van der Waals surface area contributed by atoms with Gasteiger partial charge in [-0.1, -0.05) is 12.1 Å². The van der Waals surface area contributed by atoms with E-state index < -0.39 is 9.84 Å². The summed E-state index contributed by atoms with van der Waals surface area (Å²) in [6, 6.07) is 10.8. The van der Waals surface area contributed by atoms with Gasteiger partial charge in [-0.05, 0) is 55.0 Å². The summed E-state index contributed by atoms with van der Waals surface area (Å²) in [5.74, 6) is 1.21. The quantitative estimate of drug-likeness (QED) is 0.801. The Labute approximate surface area is 153 Å². The van der Waals surface area contributed by atoms with Crippen LogP contribution in [0.25, 0.3) is 0 Å². The summed E-state index contributed by atoms with van der Waals surface area (Å²) in [5.41, 5.74) is 1.26. The molecule has 1 amide bonds. The van der Waals surface area contributed by atoms with E-state index in [1.165, 1.54) is 17.7 Å². The van der Waals surface area contributed by atoms with Crippen LogP contribution in [0.3, 0.4) is 0 Å². The van der Waals surface area contributed by atoms with Gasteiger partial charge in [-0.15, -0.1) is 0 Å². The highest BCUT2D eigenvalue weighted by Gasteiger charge is 2.26. The third-order valence-electron chi connectivity index (χ3n) is 4.74. The number of ether oxygens (including phenoxy) is 1. The highest BCUT2D eigenvalue weighted by molar-refractivity contribution is 7.90. The Hall–Kier alpha value is -2.28. The zero-order chi connectivity index (χ0) is 18.7. The molecule has 0 N–H and O–H groups in total. The molecule has 1 aliphatic rings. The predicted octanol–water partition coefficient (Wildman–Crippen LogP) is 2.79. The Morgan fingerprint density at radius 3 is 2.35 bits per heavy atom. The molecule has 0 aliphatic carbocycles. The molecule has 1 saturated heterocycles. The summed E-state index contributed by atoms with van der Waals surface area (Å²) in [4.78, 5) is 14.2. The van der Waals surface area contributed by atoms with Gasteiger partial charge in [-0.25, -0.2) is 8.42 Å². The second-order valence-electron chi connectivity index (χ2n) is 6.68. The summed E-state index contributed by atoms with van der Waals surface area (Å²) < 4.78 is 33.3. The predicted molar refractivity (Wildman–Crippen MR) is 97.1 cm³/mol. The summed E-state index contributed by atoms with van der Waals surface area (Å²) in [6.45, 7) is 1.29. The van der Waals surface area contributed by atoms with E-state index in [0.717, 1.165) is 31.3 Å². The first kappa shape index (κ1) is 18.5. The Morgan fingerprint density at radius 2 is 1.81 bits per heavy atom. The SMILES string of the molecule is COc1ccc(CC2CCN(C(=O)c3ccc(S(C)(=O)=O)o3)CC2)cc1. The molecule has 0 spiro atoms. The molecule has 1 aromatic carbocycles. The lowest BCUT2D eigenvalue weighted by Gasteiger charge is -2.31. The van der Waals surface area contributed by atoms with Crippen LogP contribution in [0.15, 0.2) is 45.9 Å².